The van der Waals surface area contributed by atoms with Crippen molar-refractivity contribution in [2.45, 2.75) is 11.8 Å². The third-order valence-corrected chi connectivity index (χ3v) is 3.88. The molecule has 0 radical (unpaired) electrons. The Hall–Kier alpha value is -2.52. The van der Waals surface area contributed by atoms with Crippen LogP contribution in [0.25, 0.3) is 0 Å². The molecule has 0 fully saturated rings. The van der Waals surface area contributed by atoms with E-state index in [2.05, 4.69) is 10.2 Å². The van der Waals surface area contributed by atoms with Crippen LogP contribution in [0.3, 0.4) is 0 Å². The second-order valence-corrected chi connectivity index (χ2v) is 5.93. The first-order chi connectivity index (χ1) is 10.2. The molecule has 2 N–H and O–H groups in total. The fourth-order valence-corrected chi connectivity index (χ4v) is 2.40. The molecule has 1 aromatic carbocycles. The lowest BCUT2D eigenvalue weighted by Crippen LogP contribution is -2.15. The van der Waals surface area contributed by atoms with Gasteiger partial charge in [-0.05, 0) is 24.6 Å². The van der Waals surface area contributed by atoms with Gasteiger partial charge in [0, 0.05) is 13.1 Å². The molecule has 0 saturated carbocycles. The number of aromatic hydroxyl groups is 1. The van der Waals surface area contributed by atoms with Gasteiger partial charge < -0.3 is 5.11 Å². The Morgan fingerprint density at radius 2 is 1.82 bits per heavy atom. The molecule has 2 aromatic rings. The van der Waals surface area contributed by atoms with Gasteiger partial charge in [0.25, 0.3) is 15.7 Å². The predicted molar refractivity (Wildman–Crippen MR) is 78.5 cm³/mol. The molecular formula is C13H13N3O5S. The van der Waals surface area contributed by atoms with E-state index in [0.29, 0.717) is 5.56 Å². The number of nitrogens with zero attached hydrogens (tertiary/aromatic N) is 3. The first-order valence-corrected chi connectivity index (χ1v) is 7.53. The number of azo groups is 1. The van der Waals surface area contributed by atoms with E-state index in [1.165, 1.54) is 37.4 Å². The fraction of sp³-hybridized carbons (Fsp3) is 0.154. The first-order valence-electron chi connectivity index (χ1n) is 6.09. The molecule has 0 atom stereocenters. The van der Waals surface area contributed by atoms with Crippen LogP contribution >= 0.6 is 0 Å². The summed E-state index contributed by atoms with van der Waals surface area (Å²) in [6.07, 6.45) is 0. The molecule has 0 unspecified atom stereocenters. The monoisotopic (exact) mass is 323 g/mol. The van der Waals surface area contributed by atoms with Crippen LogP contribution in [-0.4, -0.2) is 22.6 Å². The third kappa shape index (κ3) is 3.05. The first kappa shape index (κ1) is 15.9. The summed E-state index contributed by atoms with van der Waals surface area (Å²) in [4.78, 5) is 11.1. The van der Waals surface area contributed by atoms with Gasteiger partial charge in [-0.15, -0.1) is 10.2 Å². The minimum absolute atomic E-state index is 0.0345. The van der Waals surface area contributed by atoms with Crippen LogP contribution in [-0.2, 0) is 17.2 Å². The lowest BCUT2D eigenvalue weighted by atomic mass is 10.2. The van der Waals surface area contributed by atoms with Gasteiger partial charge in [0.05, 0.1) is 0 Å². The Morgan fingerprint density at radius 3 is 2.45 bits per heavy atom. The van der Waals surface area contributed by atoms with Crippen molar-refractivity contribution in [3.05, 3.63) is 46.2 Å². The molecule has 0 amide bonds. The molecule has 0 spiro atoms. The lowest BCUT2D eigenvalue weighted by Gasteiger charge is -2.06. The van der Waals surface area contributed by atoms with Crippen molar-refractivity contribution >= 4 is 21.5 Å². The highest BCUT2D eigenvalue weighted by molar-refractivity contribution is 7.86. The maximum Gasteiger partial charge on any atom is 0.296 e. The zero-order valence-electron chi connectivity index (χ0n) is 11.8. The summed E-state index contributed by atoms with van der Waals surface area (Å²) in [7, 11) is -3.08. The van der Waals surface area contributed by atoms with Crippen molar-refractivity contribution in [2.75, 3.05) is 0 Å². The van der Waals surface area contributed by atoms with Gasteiger partial charge in [0.15, 0.2) is 0 Å². The summed E-state index contributed by atoms with van der Waals surface area (Å²) in [5.74, 6) is -0.391. The predicted octanol–water partition coefficient (Wildman–Crippen LogP) is 2.06. The number of pyridine rings is 1. The van der Waals surface area contributed by atoms with Crippen LogP contribution in [0.1, 0.15) is 5.56 Å². The zero-order valence-corrected chi connectivity index (χ0v) is 12.6. The van der Waals surface area contributed by atoms with E-state index in [1.807, 2.05) is 0 Å². The number of aryl methyl sites for hydroxylation is 1. The number of benzene rings is 1. The minimum Gasteiger partial charge on any atom is -0.493 e. The third-order valence-electron chi connectivity index (χ3n) is 2.97. The van der Waals surface area contributed by atoms with Crippen LogP contribution in [0.15, 0.2) is 50.3 Å². The highest BCUT2D eigenvalue weighted by Gasteiger charge is 2.15. The van der Waals surface area contributed by atoms with Crippen molar-refractivity contribution in [1.29, 1.82) is 0 Å². The molecular weight excluding hydrogens is 310 g/mol. The molecule has 2 rings (SSSR count). The highest BCUT2D eigenvalue weighted by atomic mass is 32.2. The second kappa shape index (κ2) is 5.70. The van der Waals surface area contributed by atoms with Gasteiger partial charge in [-0.1, -0.05) is 12.1 Å². The molecule has 0 aliphatic rings. The molecule has 1 aromatic heterocycles. The standard InChI is InChI=1S/C13H13N3O5S/c1-8-7-11(17)16(2)13(18)12(8)15-14-9-5-3-4-6-10(9)22(19,20)21/h3-7,18H,1-2H3,(H,19,20,21). The SMILES string of the molecule is Cc1cc(=O)n(C)c(O)c1N=Nc1ccccc1S(=O)(=O)O. The van der Waals surface area contributed by atoms with Gasteiger partial charge >= 0.3 is 0 Å². The summed E-state index contributed by atoms with van der Waals surface area (Å²) in [6.45, 7) is 1.56. The largest absolute Gasteiger partial charge is 0.493 e. The Balaban J connectivity index is 2.57. The number of rotatable bonds is 3. The summed E-state index contributed by atoms with van der Waals surface area (Å²) in [5.41, 5.74) is -0.0779. The molecule has 0 bridgehead atoms. The van der Waals surface area contributed by atoms with Gasteiger partial charge in [-0.25, -0.2) is 0 Å². The topological polar surface area (TPSA) is 121 Å². The zero-order chi connectivity index (χ0) is 16.5. The molecule has 8 nitrogen and oxygen atoms in total. The minimum atomic E-state index is -4.44. The summed E-state index contributed by atoms with van der Waals surface area (Å²) in [5, 5.41) is 17.4. The van der Waals surface area contributed by atoms with E-state index in [9.17, 15) is 18.3 Å². The number of aromatic nitrogens is 1. The van der Waals surface area contributed by atoms with Crippen LogP contribution in [0.4, 0.5) is 11.4 Å². The van der Waals surface area contributed by atoms with Crippen molar-refractivity contribution in [3.63, 3.8) is 0 Å². The Morgan fingerprint density at radius 1 is 1.18 bits per heavy atom. The van der Waals surface area contributed by atoms with Crippen molar-refractivity contribution in [1.82, 2.24) is 4.57 Å². The molecule has 0 aliphatic heterocycles. The van der Waals surface area contributed by atoms with Crippen LogP contribution < -0.4 is 5.56 Å². The van der Waals surface area contributed by atoms with E-state index in [-0.39, 0.29) is 11.4 Å². The van der Waals surface area contributed by atoms with Gasteiger partial charge in [-0.3, -0.25) is 13.9 Å². The maximum absolute atomic E-state index is 11.5. The Bertz CT molecular complexity index is 916. The van der Waals surface area contributed by atoms with Gasteiger partial charge in [-0.2, -0.15) is 8.42 Å². The molecule has 1 heterocycles. The molecule has 0 aliphatic carbocycles. The smallest absolute Gasteiger partial charge is 0.296 e. The molecule has 22 heavy (non-hydrogen) atoms. The van der Waals surface area contributed by atoms with Crippen LogP contribution in [0, 0.1) is 6.92 Å². The summed E-state index contributed by atoms with van der Waals surface area (Å²) >= 11 is 0. The summed E-state index contributed by atoms with van der Waals surface area (Å²) in [6, 6.07) is 6.74. The van der Waals surface area contributed by atoms with Crippen LogP contribution in [0.5, 0.6) is 5.88 Å². The molecule has 9 heteroatoms. The maximum atomic E-state index is 11.5. The van der Waals surface area contributed by atoms with Crippen molar-refractivity contribution in [2.24, 2.45) is 17.3 Å². The van der Waals surface area contributed by atoms with Gasteiger partial charge in [0.1, 0.15) is 16.3 Å². The van der Waals surface area contributed by atoms with E-state index < -0.39 is 26.5 Å². The number of hydrogen-bond acceptors (Lipinski definition) is 6. The second-order valence-electron chi connectivity index (χ2n) is 4.54. The van der Waals surface area contributed by atoms with E-state index in [1.54, 1.807) is 6.92 Å². The quantitative estimate of drug-likeness (QED) is 0.661. The van der Waals surface area contributed by atoms with E-state index in [4.69, 9.17) is 4.55 Å². The van der Waals surface area contributed by atoms with Crippen molar-refractivity contribution < 1.29 is 18.1 Å². The molecule has 116 valence electrons. The average molecular weight is 323 g/mol. The summed E-state index contributed by atoms with van der Waals surface area (Å²) < 4.78 is 32.6. The van der Waals surface area contributed by atoms with Crippen molar-refractivity contribution in [3.8, 4) is 5.88 Å². The normalized spacial score (nSPS) is 12.0. The van der Waals surface area contributed by atoms with E-state index in [0.717, 1.165) is 4.57 Å². The Kier molecular flexibility index (Phi) is 4.11. The van der Waals surface area contributed by atoms with Gasteiger partial charge in [0.2, 0.25) is 5.88 Å². The Labute approximate surface area is 126 Å². The fourth-order valence-electron chi connectivity index (χ4n) is 1.78. The van der Waals surface area contributed by atoms with Crippen LogP contribution in [0.2, 0.25) is 0 Å². The lowest BCUT2D eigenvalue weighted by molar-refractivity contribution is 0.424. The average Bonchev–Trinajstić information content (AvgIpc) is 2.44. The highest BCUT2D eigenvalue weighted by Crippen LogP contribution is 2.31. The van der Waals surface area contributed by atoms with E-state index >= 15 is 0 Å². The molecule has 0 saturated heterocycles. The number of hydrogen-bond donors (Lipinski definition) is 2.